The molecule has 1 aromatic carbocycles. The molecule has 1 atom stereocenters. The largest absolute Gasteiger partial charge is 0.497 e. The molecule has 0 bridgehead atoms. The summed E-state index contributed by atoms with van der Waals surface area (Å²) < 4.78 is 54.7. The minimum atomic E-state index is -4.61. The Kier molecular flexibility index (Phi) is 4.37. The summed E-state index contributed by atoms with van der Waals surface area (Å²) in [6, 6.07) is 4.60. The van der Waals surface area contributed by atoms with E-state index >= 15 is 0 Å². The molecule has 0 radical (unpaired) electrons. The second-order valence-electron chi connectivity index (χ2n) is 3.48. The van der Waals surface area contributed by atoms with Crippen LogP contribution < -0.4 is 10.1 Å². The third-order valence-corrected chi connectivity index (χ3v) is 2.17. The fourth-order valence-corrected chi connectivity index (χ4v) is 1.24. The SMILES string of the molecule is COc1cc(F)cc(NCC(C#N)C(F)(F)F)c1. The van der Waals surface area contributed by atoms with E-state index in [1.807, 2.05) is 0 Å². The van der Waals surface area contributed by atoms with E-state index in [1.165, 1.54) is 13.2 Å². The van der Waals surface area contributed by atoms with Gasteiger partial charge in [-0.1, -0.05) is 0 Å². The van der Waals surface area contributed by atoms with Crippen molar-refractivity contribution in [1.29, 1.82) is 5.26 Å². The number of rotatable bonds is 4. The Labute approximate surface area is 101 Å². The number of methoxy groups -OCH3 is 1. The maximum atomic E-state index is 13.0. The van der Waals surface area contributed by atoms with Gasteiger partial charge in [0.25, 0.3) is 0 Å². The molecular weight excluding hydrogens is 252 g/mol. The average Bonchev–Trinajstić information content (AvgIpc) is 2.27. The van der Waals surface area contributed by atoms with Gasteiger partial charge >= 0.3 is 6.18 Å². The number of anilines is 1. The molecule has 1 aromatic rings. The summed E-state index contributed by atoms with van der Waals surface area (Å²) in [5.74, 6) is -2.61. The van der Waals surface area contributed by atoms with Gasteiger partial charge in [0.05, 0.1) is 13.2 Å². The summed E-state index contributed by atoms with van der Waals surface area (Å²) in [4.78, 5) is 0. The zero-order valence-corrected chi connectivity index (χ0v) is 9.38. The van der Waals surface area contributed by atoms with Crippen molar-refractivity contribution in [3.8, 4) is 11.8 Å². The second-order valence-corrected chi connectivity index (χ2v) is 3.48. The lowest BCUT2D eigenvalue weighted by atomic mass is 10.1. The Hall–Kier alpha value is -1.97. The highest BCUT2D eigenvalue weighted by Crippen LogP contribution is 2.26. The first kappa shape index (κ1) is 14.1. The lowest BCUT2D eigenvalue weighted by Gasteiger charge is -2.15. The van der Waals surface area contributed by atoms with Crippen LogP contribution in [-0.2, 0) is 0 Å². The molecule has 0 aliphatic heterocycles. The minimum Gasteiger partial charge on any atom is -0.497 e. The second kappa shape index (κ2) is 5.58. The standard InChI is InChI=1S/C11H10F4N2O/c1-18-10-3-8(12)2-9(4-10)17-6-7(5-16)11(13,14)15/h2-4,7,17H,6H2,1H3. The van der Waals surface area contributed by atoms with Crippen molar-refractivity contribution in [2.75, 3.05) is 19.0 Å². The van der Waals surface area contributed by atoms with Gasteiger partial charge in [-0.05, 0) is 6.07 Å². The van der Waals surface area contributed by atoms with Crippen LogP contribution in [-0.4, -0.2) is 19.8 Å². The summed E-state index contributed by atoms with van der Waals surface area (Å²) in [5, 5.41) is 10.7. The van der Waals surface area contributed by atoms with E-state index < -0.39 is 24.5 Å². The van der Waals surface area contributed by atoms with Crippen LogP contribution in [0.3, 0.4) is 0 Å². The van der Waals surface area contributed by atoms with E-state index in [0.29, 0.717) is 0 Å². The van der Waals surface area contributed by atoms with Crippen LogP contribution >= 0.6 is 0 Å². The highest BCUT2D eigenvalue weighted by molar-refractivity contribution is 5.48. The fraction of sp³-hybridized carbons (Fsp3) is 0.364. The molecule has 98 valence electrons. The molecule has 0 saturated heterocycles. The number of alkyl halides is 3. The Morgan fingerprint density at radius 1 is 1.39 bits per heavy atom. The van der Waals surface area contributed by atoms with Crippen LogP contribution in [0.2, 0.25) is 0 Å². The maximum Gasteiger partial charge on any atom is 0.406 e. The van der Waals surface area contributed by atoms with Gasteiger partial charge < -0.3 is 10.1 Å². The predicted octanol–water partition coefficient (Wildman–Crippen LogP) is 2.95. The van der Waals surface area contributed by atoms with Crippen molar-refractivity contribution in [2.45, 2.75) is 6.18 Å². The quantitative estimate of drug-likeness (QED) is 0.848. The maximum absolute atomic E-state index is 13.0. The van der Waals surface area contributed by atoms with Crippen molar-refractivity contribution in [3.05, 3.63) is 24.0 Å². The van der Waals surface area contributed by atoms with Crippen LogP contribution in [0.15, 0.2) is 18.2 Å². The number of benzene rings is 1. The topological polar surface area (TPSA) is 45.0 Å². The number of nitrogens with zero attached hydrogens (tertiary/aromatic N) is 1. The predicted molar refractivity (Wildman–Crippen MR) is 56.6 cm³/mol. The molecule has 3 nitrogen and oxygen atoms in total. The van der Waals surface area contributed by atoms with Gasteiger partial charge in [0.1, 0.15) is 11.6 Å². The normalized spacial score (nSPS) is 12.7. The molecule has 1 rings (SSSR count). The monoisotopic (exact) mass is 262 g/mol. The summed E-state index contributed by atoms with van der Waals surface area (Å²) >= 11 is 0. The van der Waals surface area contributed by atoms with Gasteiger partial charge in [0, 0.05) is 24.4 Å². The first-order chi connectivity index (χ1) is 8.36. The molecule has 18 heavy (non-hydrogen) atoms. The van der Waals surface area contributed by atoms with E-state index in [9.17, 15) is 17.6 Å². The van der Waals surface area contributed by atoms with E-state index in [4.69, 9.17) is 10.00 Å². The Bertz CT molecular complexity index is 453. The van der Waals surface area contributed by atoms with E-state index in [1.54, 1.807) is 0 Å². The highest BCUT2D eigenvalue weighted by Gasteiger charge is 2.39. The van der Waals surface area contributed by atoms with Crippen molar-refractivity contribution in [2.24, 2.45) is 5.92 Å². The average molecular weight is 262 g/mol. The summed E-state index contributed by atoms with van der Waals surface area (Å²) in [5.41, 5.74) is 0.122. The first-order valence-corrected chi connectivity index (χ1v) is 4.91. The summed E-state index contributed by atoms with van der Waals surface area (Å²) in [7, 11) is 1.31. The first-order valence-electron chi connectivity index (χ1n) is 4.91. The third kappa shape index (κ3) is 3.80. The van der Waals surface area contributed by atoms with Gasteiger partial charge in [-0.15, -0.1) is 0 Å². The minimum absolute atomic E-state index is 0.122. The molecular formula is C11H10F4N2O. The number of nitriles is 1. The molecule has 1 unspecified atom stereocenters. The Morgan fingerprint density at radius 3 is 2.56 bits per heavy atom. The van der Waals surface area contributed by atoms with Crippen molar-refractivity contribution >= 4 is 5.69 Å². The molecule has 0 heterocycles. The number of nitrogens with one attached hydrogen (secondary N) is 1. The van der Waals surface area contributed by atoms with Gasteiger partial charge in [-0.3, -0.25) is 0 Å². The molecule has 0 saturated carbocycles. The lowest BCUT2D eigenvalue weighted by molar-refractivity contribution is -0.155. The molecule has 0 amide bonds. The molecule has 0 aromatic heterocycles. The smallest absolute Gasteiger partial charge is 0.406 e. The third-order valence-electron chi connectivity index (χ3n) is 2.17. The Morgan fingerprint density at radius 2 is 2.06 bits per heavy atom. The molecule has 0 aliphatic carbocycles. The van der Waals surface area contributed by atoms with Gasteiger partial charge in [0.15, 0.2) is 5.92 Å². The molecule has 7 heteroatoms. The molecule has 1 N–H and O–H groups in total. The lowest BCUT2D eigenvalue weighted by Crippen LogP contribution is -2.28. The van der Waals surface area contributed by atoms with Crippen LogP contribution in [0.4, 0.5) is 23.2 Å². The number of hydrogen-bond acceptors (Lipinski definition) is 3. The van der Waals surface area contributed by atoms with E-state index in [2.05, 4.69) is 5.32 Å². The zero-order chi connectivity index (χ0) is 13.8. The Balaban J connectivity index is 2.74. The van der Waals surface area contributed by atoms with Crippen molar-refractivity contribution < 1.29 is 22.3 Å². The highest BCUT2D eigenvalue weighted by atomic mass is 19.4. The van der Waals surface area contributed by atoms with Crippen molar-refractivity contribution in [3.63, 3.8) is 0 Å². The number of ether oxygens (including phenoxy) is 1. The fourth-order valence-electron chi connectivity index (χ4n) is 1.24. The molecule has 0 aliphatic rings. The molecule has 0 spiro atoms. The van der Waals surface area contributed by atoms with Crippen LogP contribution in [0.25, 0.3) is 0 Å². The van der Waals surface area contributed by atoms with E-state index in [-0.39, 0.29) is 11.4 Å². The summed E-state index contributed by atoms with van der Waals surface area (Å²) in [6.07, 6.45) is -4.61. The van der Waals surface area contributed by atoms with Gasteiger partial charge in [-0.25, -0.2) is 4.39 Å². The van der Waals surface area contributed by atoms with Crippen LogP contribution in [0.1, 0.15) is 0 Å². The van der Waals surface area contributed by atoms with E-state index in [0.717, 1.165) is 18.2 Å². The number of halogens is 4. The molecule has 0 fully saturated rings. The van der Waals surface area contributed by atoms with Gasteiger partial charge in [0.2, 0.25) is 0 Å². The van der Waals surface area contributed by atoms with Crippen LogP contribution in [0, 0.1) is 23.1 Å². The van der Waals surface area contributed by atoms with Gasteiger partial charge in [-0.2, -0.15) is 18.4 Å². The van der Waals surface area contributed by atoms with Crippen molar-refractivity contribution in [1.82, 2.24) is 0 Å². The number of hydrogen-bond donors (Lipinski definition) is 1. The van der Waals surface area contributed by atoms with Crippen LogP contribution in [0.5, 0.6) is 5.75 Å². The summed E-state index contributed by atoms with van der Waals surface area (Å²) in [6.45, 7) is -0.646. The zero-order valence-electron chi connectivity index (χ0n) is 9.38.